The van der Waals surface area contributed by atoms with E-state index in [9.17, 15) is 8.78 Å². The molecule has 0 spiro atoms. The van der Waals surface area contributed by atoms with Crippen LogP contribution in [-0.4, -0.2) is 12.7 Å². The first-order valence-corrected chi connectivity index (χ1v) is 6.52. The summed E-state index contributed by atoms with van der Waals surface area (Å²) in [5, 5.41) is 3.52. The third-order valence-corrected chi connectivity index (χ3v) is 4.68. The fourth-order valence-electron chi connectivity index (χ4n) is 2.72. The Morgan fingerprint density at radius 3 is 2.05 bits per heavy atom. The molecule has 0 aliphatic heterocycles. The maximum Gasteiger partial charge on any atom is 0.387 e. The molecule has 1 saturated carbocycles. The minimum Gasteiger partial charge on any atom is -0.435 e. The zero-order valence-corrected chi connectivity index (χ0v) is 11.8. The van der Waals surface area contributed by atoms with E-state index in [1.807, 2.05) is 12.1 Å². The van der Waals surface area contributed by atoms with Crippen LogP contribution in [0.4, 0.5) is 8.78 Å². The summed E-state index contributed by atoms with van der Waals surface area (Å²) in [4.78, 5) is 0. The third-order valence-electron chi connectivity index (χ3n) is 4.68. The van der Waals surface area contributed by atoms with Crippen molar-refractivity contribution in [3.63, 3.8) is 0 Å². The summed E-state index contributed by atoms with van der Waals surface area (Å²) < 4.78 is 28.4. The fourth-order valence-corrected chi connectivity index (χ4v) is 2.72. The van der Waals surface area contributed by atoms with Crippen molar-refractivity contribution in [2.45, 2.75) is 46.9 Å². The van der Waals surface area contributed by atoms with Gasteiger partial charge in [0.15, 0.2) is 0 Å². The molecule has 1 aromatic rings. The number of halogens is 2. The SMILES string of the molecule is CC1(C)C(NCc2ccc(OC(F)F)cc2)C1(C)C. The van der Waals surface area contributed by atoms with Gasteiger partial charge in [-0.1, -0.05) is 39.8 Å². The molecule has 4 heteroatoms. The van der Waals surface area contributed by atoms with Crippen molar-refractivity contribution < 1.29 is 13.5 Å². The second-order valence-corrected chi connectivity index (χ2v) is 6.28. The van der Waals surface area contributed by atoms with Gasteiger partial charge >= 0.3 is 6.61 Å². The van der Waals surface area contributed by atoms with E-state index >= 15 is 0 Å². The second kappa shape index (κ2) is 4.75. The van der Waals surface area contributed by atoms with Gasteiger partial charge in [-0.05, 0) is 28.5 Å². The van der Waals surface area contributed by atoms with Gasteiger partial charge in [0.25, 0.3) is 0 Å². The summed E-state index contributed by atoms with van der Waals surface area (Å²) in [5.41, 5.74) is 1.66. The predicted molar refractivity (Wildman–Crippen MR) is 71.3 cm³/mol. The second-order valence-electron chi connectivity index (χ2n) is 6.28. The Balaban J connectivity index is 1.88. The zero-order valence-electron chi connectivity index (χ0n) is 11.8. The molecule has 0 aromatic heterocycles. The highest BCUT2D eigenvalue weighted by atomic mass is 19.3. The summed E-state index contributed by atoms with van der Waals surface area (Å²) in [6.45, 7) is 6.99. The molecule has 1 aliphatic rings. The molecule has 19 heavy (non-hydrogen) atoms. The van der Waals surface area contributed by atoms with Crippen LogP contribution >= 0.6 is 0 Å². The monoisotopic (exact) mass is 269 g/mol. The van der Waals surface area contributed by atoms with Crippen LogP contribution in [-0.2, 0) is 6.54 Å². The number of alkyl halides is 2. The quantitative estimate of drug-likeness (QED) is 0.877. The largest absolute Gasteiger partial charge is 0.435 e. The van der Waals surface area contributed by atoms with Crippen molar-refractivity contribution in [1.29, 1.82) is 0 Å². The molecule has 1 N–H and O–H groups in total. The van der Waals surface area contributed by atoms with Gasteiger partial charge in [-0.3, -0.25) is 0 Å². The number of rotatable bonds is 5. The van der Waals surface area contributed by atoms with Crippen molar-refractivity contribution in [2.24, 2.45) is 10.8 Å². The number of ether oxygens (including phenoxy) is 1. The Morgan fingerprint density at radius 1 is 1.11 bits per heavy atom. The molecule has 0 atom stereocenters. The first kappa shape index (κ1) is 14.3. The standard InChI is InChI=1S/C15H21F2NO/c1-14(2)12(15(14,3)4)18-9-10-5-7-11(8-6-10)19-13(16)17/h5-8,12-13,18H,9H2,1-4H3. The van der Waals surface area contributed by atoms with Gasteiger partial charge in [-0.25, -0.2) is 0 Å². The summed E-state index contributed by atoms with van der Waals surface area (Å²) >= 11 is 0. The molecule has 0 bridgehead atoms. The highest BCUT2D eigenvalue weighted by molar-refractivity contribution is 5.28. The molecule has 0 heterocycles. The van der Waals surface area contributed by atoms with Crippen LogP contribution in [0.25, 0.3) is 0 Å². The van der Waals surface area contributed by atoms with Crippen LogP contribution in [0, 0.1) is 10.8 Å². The summed E-state index contributed by atoms with van der Waals surface area (Å²) in [6.07, 6.45) is 0. The Bertz CT molecular complexity index is 426. The molecule has 106 valence electrons. The molecule has 1 aromatic carbocycles. The lowest BCUT2D eigenvalue weighted by molar-refractivity contribution is -0.0498. The Kier molecular flexibility index (Phi) is 3.56. The lowest BCUT2D eigenvalue weighted by Gasteiger charge is -2.08. The predicted octanol–water partition coefficient (Wildman–Crippen LogP) is 3.81. The van der Waals surface area contributed by atoms with Crippen LogP contribution in [0.5, 0.6) is 5.75 Å². The molecule has 2 nitrogen and oxygen atoms in total. The van der Waals surface area contributed by atoms with E-state index in [0.717, 1.165) is 12.1 Å². The fraction of sp³-hybridized carbons (Fsp3) is 0.600. The molecule has 1 aliphatic carbocycles. The van der Waals surface area contributed by atoms with Gasteiger partial charge in [0.2, 0.25) is 0 Å². The van der Waals surface area contributed by atoms with Crippen molar-refractivity contribution in [3.8, 4) is 5.75 Å². The van der Waals surface area contributed by atoms with E-state index in [4.69, 9.17) is 0 Å². The number of hydrogen-bond donors (Lipinski definition) is 1. The van der Waals surface area contributed by atoms with Gasteiger partial charge in [0.05, 0.1) is 0 Å². The van der Waals surface area contributed by atoms with E-state index < -0.39 is 6.61 Å². The summed E-state index contributed by atoms with van der Waals surface area (Å²) in [6, 6.07) is 7.26. The summed E-state index contributed by atoms with van der Waals surface area (Å²) in [5.74, 6) is 0.200. The Labute approximate surface area is 113 Å². The van der Waals surface area contributed by atoms with Gasteiger partial charge in [0, 0.05) is 12.6 Å². The third kappa shape index (κ3) is 2.73. The lowest BCUT2D eigenvalue weighted by atomic mass is 10.0. The first-order valence-electron chi connectivity index (χ1n) is 6.52. The Morgan fingerprint density at radius 2 is 1.63 bits per heavy atom. The van der Waals surface area contributed by atoms with Crippen molar-refractivity contribution in [3.05, 3.63) is 29.8 Å². The molecule has 2 rings (SSSR count). The van der Waals surface area contributed by atoms with E-state index in [-0.39, 0.29) is 5.75 Å². The van der Waals surface area contributed by atoms with Gasteiger partial charge < -0.3 is 10.1 Å². The Hall–Kier alpha value is -1.16. The molecular formula is C15H21F2NO. The van der Waals surface area contributed by atoms with Crippen LogP contribution in [0.1, 0.15) is 33.3 Å². The number of nitrogens with one attached hydrogen (secondary N) is 1. The average molecular weight is 269 g/mol. The lowest BCUT2D eigenvalue weighted by Crippen LogP contribution is -2.21. The molecule has 0 unspecified atom stereocenters. The smallest absolute Gasteiger partial charge is 0.387 e. The van der Waals surface area contributed by atoms with Crippen LogP contribution in [0.15, 0.2) is 24.3 Å². The summed E-state index contributed by atoms with van der Waals surface area (Å²) in [7, 11) is 0. The molecule has 0 amide bonds. The van der Waals surface area contributed by atoms with E-state index in [1.165, 1.54) is 0 Å². The van der Waals surface area contributed by atoms with Crippen LogP contribution < -0.4 is 10.1 Å². The highest BCUT2D eigenvalue weighted by Crippen LogP contribution is 2.62. The maximum atomic E-state index is 12.0. The van der Waals surface area contributed by atoms with Crippen LogP contribution in [0.2, 0.25) is 0 Å². The van der Waals surface area contributed by atoms with Crippen molar-refractivity contribution >= 4 is 0 Å². The minimum absolute atomic E-state index is 0.200. The average Bonchev–Trinajstić information content (AvgIpc) is 2.68. The molecular weight excluding hydrogens is 248 g/mol. The number of benzene rings is 1. The van der Waals surface area contributed by atoms with E-state index in [2.05, 4.69) is 37.7 Å². The van der Waals surface area contributed by atoms with Crippen molar-refractivity contribution in [2.75, 3.05) is 0 Å². The normalized spacial score (nSPS) is 20.6. The van der Waals surface area contributed by atoms with Crippen molar-refractivity contribution in [1.82, 2.24) is 5.32 Å². The van der Waals surface area contributed by atoms with Gasteiger partial charge in [0.1, 0.15) is 5.75 Å². The highest BCUT2D eigenvalue weighted by Gasteiger charge is 2.64. The zero-order chi connectivity index (χ0) is 14.3. The topological polar surface area (TPSA) is 21.3 Å². The minimum atomic E-state index is -2.77. The molecule has 1 fully saturated rings. The van der Waals surface area contributed by atoms with Gasteiger partial charge in [-0.15, -0.1) is 0 Å². The first-order chi connectivity index (χ1) is 8.75. The van der Waals surface area contributed by atoms with Gasteiger partial charge in [-0.2, -0.15) is 8.78 Å². The number of hydrogen-bond acceptors (Lipinski definition) is 2. The van der Waals surface area contributed by atoms with E-state index in [0.29, 0.717) is 16.9 Å². The maximum absolute atomic E-state index is 12.0. The van der Waals surface area contributed by atoms with Crippen LogP contribution in [0.3, 0.4) is 0 Å². The molecule has 0 saturated heterocycles. The molecule has 0 radical (unpaired) electrons. The van der Waals surface area contributed by atoms with E-state index in [1.54, 1.807) is 12.1 Å².